The second-order valence-electron chi connectivity index (χ2n) is 7.10. The molecular formula is C20H34N2O11. The van der Waals surface area contributed by atoms with Crippen LogP contribution < -0.4 is 11.1 Å². The van der Waals surface area contributed by atoms with Crippen LogP contribution in [0.1, 0.15) is 27.7 Å². The maximum absolute atomic E-state index is 11.8. The Morgan fingerprint density at radius 2 is 1.39 bits per heavy atom. The fourth-order valence-corrected chi connectivity index (χ4v) is 3.06. The van der Waals surface area contributed by atoms with E-state index in [4.69, 9.17) is 38.9 Å². The van der Waals surface area contributed by atoms with E-state index in [1.165, 1.54) is 20.8 Å². The molecule has 0 aliphatic carbocycles. The lowest BCUT2D eigenvalue weighted by atomic mass is 9.96. The van der Waals surface area contributed by atoms with Gasteiger partial charge in [0.15, 0.2) is 18.5 Å². The van der Waals surface area contributed by atoms with Crippen molar-refractivity contribution in [1.82, 2.24) is 5.32 Å². The van der Waals surface area contributed by atoms with E-state index in [9.17, 15) is 19.2 Å². The van der Waals surface area contributed by atoms with Crippen molar-refractivity contribution < 1.29 is 52.3 Å². The average molecular weight is 478 g/mol. The van der Waals surface area contributed by atoms with Gasteiger partial charge in [0.05, 0.1) is 33.0 Å². The van der Waals surface area contributed by atoms with Gasteiger partial charge in [-0.3, -0.25) is 19.2 Å². The molecule has 1 aliphatic rings. The third-order valence-electron chi connectivity index (χ3n) is 4.22. The fraction of sp³-hybridized carbons (Fsp3) is 0.800. The summed E-state index contributed by atoms with van der Waals surface area (Å²) in [5.41, 5.74) is 5.33. The molecule has 190 valence electrons. The van der Waals surface area contributed by atoms with Crippen LogP contribution >= 0.6 is 0 Å². The number of hydrogen-bond donors (Lipinski definition) is 2. The van der Waals surface area contributed by atoms with Crippen molar-refractivity contribution in [2.45, 2.75) is 58.3 Å². The number of ether oxygens (including phenoxy) is 7. The van der Waals surface area contributed by atoms with Gasteiger partial charge in [-0.15, -0.1) is 0 Å². The van der Waals surface area contributed by atoms with Crippen LogP contribution in [0.2, 0.25) is 0 Å². The van der Waals surface area contributed by atoms with E-state index < -0.39 is 54.5 Å². The number of carbonyl (C=O) groups excluding carboxylic acids is 4. The average Bonchev–Trinajstić information content (AvgIpc) is 2.71. The van der Waals surface area contributed by atoms with Crippen LogP contribution in [0.4, 0.5) is 0 Å². The van der Waals surface area contributed by atoms with E-state index in [2.05, 4.69) is 5.32 Å². The van der Waals surface area contributed by atoms with Crippen molar-refractivity contribution >= 4 is 23.8 Å². The van der Waals surface area contributed by atoms with Crippen molar-refractivity contribution in [2.24, 2.45) is 5.73 Å². The van der Waals surface area contributed by atoms with E-state index in [1.54, 1.807) is 0 Å². The van der Waals surface area contributed by atoms with Gasteiger partial charge in [-0.2, -0.15) is 0 Å². The topological polar surface area (TPSA) is 171 Å². The predicted octanol–water partition coefficient (Wildman–Crippen LogP) is -1.35. The van der Waals surface area contributed by atoms with Gasteiger partial charge in [-0.1, -0.05) is 0 Å². The first-order valence-electron chi connectivity index (χ1n) is 10.5. The van der Waals surface area contributed by atoms with Gasteiger partial charge in [-0.05, 0) is 0 Å². The molecule has 0 aromatic heterocycles. The van der Waals surface area contributed by atoms with Crippen LogP contribution in [0.5, 0.6) is 0 Å². The Hall–Kier alpha value is -2.32. The lowest BCUT2D eigenvalue weighted by molar-refractivity contribution is -0.279. The SMILES string of the molecule is CC(=O)N[C@@H]1[C@@H](OCCOCCOCCN)O[C@H](COC(C)=O)[C@H](OC(C)=O)[C@@H]1OC(C)=O. The Bertz CT molecular complexity index is 646. The smallest absolute Gasteiger partial charge is 0.303 e. The summed E-state index contributed by atoms with van der Waals surface area (Å²) >= 11 is 0. The molecule has 5 atom stereocenters. The monoisotopic (exact) mass is 478 g/mol. The van der Waals surface area contributed by atoms with E-state index in [-0.39, 0.29) is 19.8 Å². The zero-order valence-corrected chi connectivity index (χ0v) is 19.4. The first-order chi connectivity index (χ1) is 15.6. The second-order valence-corrected chi connectivity index (χ2v) is 7.10. The van der Waals surface area contributed by atoms with Crippen LogP contribution in [-0.4, -0.2) is 101 Å². The zero-order chi connectivity index (χ0) is 24.8. The Morgan fingerprint density at radius 1 is 0.818 bits per heavy atom. The predicted molar refractivity (Wildman–Crippen MR) is 111 cm³/mol. The summed E-state index contributed by atoms with van der Waals surface area (Å²) in [6.45, 7) is 6.28. The van der Waals surface area contributed by atoms with Gasteiger partial charge in [0, 0.05) is 34.2 Å². The third kappa shape index (κ3) is 11.4. The molecule has 33 heavy (non-hydrogen) atoms. The minimum absolute atomic E-state index is 0.0585. The molecule has 1 fully saturated rings. The Balaban J connectivity index is 2.95. The quantitative estimate of drug-likeness (QED) is 0.171. The number of esters is 3. The van der Waals surface area contributed by atoms with Crippen LogP contribution in [0.15, 0.2) is 0 Å². The molecule has 1 saturated heterocycles. The highest BCUT2D eigenvalue weighted by atomic mass is 16.7. The molecule has 0 aromatic carbocycles. The minimum atomic E-state index is -1.17. The van der Waals surface area contributed by atoms with Gasteiger partial charge < -0.3 is 44.2 Å². The summed E-state index contributed by atoms with van der Waals surface area (Å²) in [7, 11) is 0. The van der Waals surface area contributed by atoms with E-state index in [0.717, 1.165) is 6.92 Å². The lowest BCUT2D eigenvalue weighted by Gasteiger charge is -2.44. The highest BCUT2D eigenvalue weighted by Crippen LogP contribution is 2.28. The summed E-state index contributed by atoms with van der Waals surface area (Å²) in [5.74, 6) is -2.40. The van der Waals surface area contributed by atoms with Crippen molar-refractivity contribution in [2.75, 3.05) is 46.2 Å². The second kappa shape index (κ2) is 15.5. The maximum atomic E-state index is 11.8. The van der Waals surface area contributed by atoms with Crippen molar-refractivity contribution in [3.05, 3.63) is 0 Å². The minimum Gasteiger partial charge on any atom is -0.463 e. The van der Waals surface area contributed by atoms with Crippen LogP contribution in [0.25, 0.3) is 0 Å². The Kier molecular flexibility index (Phi) is 13.5. The first-order valence-corrected chi connectivity index (χ1v) is 10.5. The molecule has 1 rings (SSSR count). The number of carbonyl (C=O) groups is 4. The zero-order valence-electron chi connectivity index (χ0n) is 19.4. The van der Waals surface area contributed by atoms with Gasteiger partial charge in [0.25, 0.3) is 0 Å². The summed E-state index contributed by atoms with van der Waals surface area (Å²) in [5, 5.41) is 2.61. The van der Waals surface area contributed by atoms with E-state index >= 15 is 0 Å². The number of hydrogen-bond acceptors (Lipinski definition) is 12. The number of nitrogens with two attached hydrogens (primary N) is 1. The first kappa shape index (κ1) is 28.7. The Morgan fingerprint density at radius 3 is 1.94 bits per heavy atom. The highest BCUT2D eigenvalue weighted by molar-refractivity contribution is 5.73. The van der Waals surface area contributed by atoms with Crippen LogP contribution in [0.3, 0.4) is 0 Å². The lowest BCUT2D eigenvalue weighted by Crippen LogP contribution is -2.66. The molecule has 0 radical (unpaired) electrons. The molecule has 1 aliphatic heterocycles. The normalized spacial score (nSPS) is 24.6. The molecule has 13 heteroatoms. The van der Waals surface area contributed by atoms with Crippen molar-refractivity contribution in [3.63, 3.8) is 0 Å². The molecular weight excluding hydrogens is 444 g/mol. The molecule has 0 bridgehead atoms. The molecule has 1 heterocycles. The van der Waals surface area contributed by atoms with E-state index in [1.807, 2.05) is 0 Å². The third-order valence-corrected chi connectivity index (χ3v) is 4.22. The van der Waals surface area contributed by atoms with Gasteiger partial charge in [-0.25, -0.2) is 0 Å². The highest BCUT2D eigenvalue weighted by Gasteiger charge is 2.51. The number of rotatable bonds is 14. The van der Waals surface area contributed by atoms with Gasteiger partial charge >= 0.3 is 17.9 Å². The molecule has 0 unspecified atom stereocenters. The van der Waals surface area contributed by atoms with Crippen molar-refractivity contribution in [1.29, 1.82) is 0 Å². The molecule has 0 aromatic rings. The van der Waals surface area contributed by atoms with Gasteiger partial charge in [0.1, 0.15) is 18.8 Å². The van der Waals surface area contributed by atoms with E-state index in [0.29, 0.717) is 26.4 Å². The summed E-state index contributed by atoms with van der Waals surface area (Å²) < 4.78 is 37.9. The molecule has 13 nitrogen and oxygen atoms in total. The van der Waals surface area contributed by atoms with Crippen LogP contribution in [0, 0.1) is 0 Å². The summed E-state index contributed by atoms with van der Waals surface area (Å²) in [6, 6.07) is -1.02. The maximum Gasteiger partial charge on any atom is 0.303 e. The summed E-state index contributed by atoms with van der Waals surface area (Å²) in [4.78, 5) is 46.6. The van der Waals surface area contributed by atoms with Gasteiger partial charge in [0.2, 0.25) is 5.91 Å². The number of nitrogens with one attached hydrogen (secondary N) is 1. The molecule has 1 amide bonds. The molecule has 3 N–H and O–H groups in total. The van der Waals surface area contributed by atoms with Crippen LogP contribution in [-0.2, 0) is 52.3 Å². The number of amides is 1. The molecule has 0 saturated carbocycles. The largest absolute Gasteiger partial charge is 0.463 e. The molecule has 0 spiro atoms. The standard InChI is InChI=1S/C20H34N2O11/c1-12(23)22-17-19(32-15(4)26)18(31-14(3)25)16(11-30-13(2)24)33-20(17)29-10-9-28-8-7-27-6-5-21/h16-20H,5-11,21H2,1-4H3,(H,22,23)/t16-,17+,18+,19-,20+/m1/s1. The fourth-order valence-electron chi connectivity index (χ4n) is 3.06. The Labute approximate surface area is 192 Å². The summed E-state index contributed by atoms with van der Waals surface area (Å²) in [6.07, 6.45) is -4.48. The van der Waals surface area contributed by atoms with Crippen molar-refractivity contribution in [3.8, 4) is 0 Å².